The second-order valence-corrected chi connectivity index (χ2v) is 6.18. The molecule has 0 spiro atoms. The number of rotatable bonds is 7. The van der Waals surface area contributed by atoms with Gasteiger partial charge in [0.25, 0.3) is 0 Å². The first-order valence-corrected chi connectivity index (χ1v) is 7.97. The highest BCUT2D eigenvalue weighted by Gasteiger charge is 2.16. The predicted octanol–water partition coefficient (Wildman–Crippen LogP) is 1.37. The maximum atomic E-state index is 11.0. The molecule has 0 amide bonds. The van der Waals surface area contributed by atoms with Gasteiger partial charge in [-0.2, -0.15) is 0 Å². The molecule has 6 heteroatoms. The molecule has 0 aliphatic carbocycles. The van der Waals surface area contributed by atoms with Crippen molar-refractivity contribution in [3.05, 3.63) is 29.8 Å². The second-order valence-electron chi connectivity index (χ2n) is 4.45. The van der Waals surface area contributed by atoms with E-state index in [-0.39, 0.29) is 11.8 Å². The van der Waals surface area contributed by atoms with E-state index in [4.69, 9.17) is 9.88 Å². The van der Waals surface area contributed by atoms with Crippen LogP contribution < -0.4 is 9.88 Å². The van der Waals surface area contributed by atoms with Crippen LogP contribution in [0.15, 0.2) is 24.3 Å². The molecular formula is C13H22N2O3S. The van der Waals surface area contributed by atoms with E-state index in [0.29, 0.717) is 6.54 Å². The van der Waals surface area contributed by atoms with Crippen molar-refractivity contribution in [1.29, 1.82) is 0 Å². The number of methoxy groups -OCH3 is 1. The van der Waals surface area contributed by atoms with Gasteiger partial charge < -0.3 is 4.74 Å². The van der Waals surface area contributed by atoms with Gasteiger partial charge in [-0.3, -0.25) is 4.90 Å². The zero-order valence-corrected chi connectivity index (χ0v) is 12.5. The lowest BCUT2D eigenvalue weighted by Gasteiger charge is -2.28. The molecule has 0 aliphatic heterocycles. The van der Waals surface area contributed by atoms with Gasteiger partial charge in [0.1, 0.15) is 5.75 Å². The molecule has 5 nitrogen and oxygen atoms in total. The fraction of sp³-hybridized carbons (Fsp3) is 0.538. The summed E-state index contributed by atoms with van der Waals surface area (Å²) in [5.41, 5.74) is 1.09. The average molecular weight is 286 g/mol. The molecule has 1 aromatic carbocycles. The SMILES string of the molecule is CCN(CCS(N)(=O)=O)C(C)c1cccc(OC)c1. The van der Waals surface area contributed by atoms with Crippen LogP contribution in [0.1, 0.15) is 25.5 Å². The molecule has 1 aromatic rings. The Labute approximate surface area is 115 Å². The van der Waals surface area contributed by atoms with Crippen molar-refractivity contribution in [2.24, 2.45) is 5.14 Å². The summed E-state index contributed by atoms with van der Waals surface area (Å²) in [6, 6.07) is 7.90. The summed E-state index contributed by atoms with van der Waals surface area (Å²) >= 11 is 0. The Morgan fingerprint density at radius 1 is 1.42 bits per heavy atom. The lowest BCUT2D eigenvalue weighted by Crippen LogP contribution is -2.33. The van der Waals surface area contributed by atoms with Crippen molar-refractivity contribution < 1.29 is 13.2 Å². The summed E-state index contributed by atoms with van der Waals surface area (Å²) in [5.74, 6) is 0.765. The minimum Gasteiger partial charge on any atom is -0.497 e. The molecule has 1 unspecified atom stereocenters. The molecule has 0 fully saturated rings. The molecule has 0 bridgehead atoms. The third kappa shape index (κ3) is 5.18. The Bertz CT molecular complexity index is 502. The minimum atomic E-state index is -3.42. The Balaban J connectivity index is 2.79. The third-order valence-corrected chi connectivity index (χ3v) is 3.94. The van der Waals surface area contributed by atoms with Gasteiger partial charge in [0.15, 0.2) is 0 Å². The summed E-state index contributed by atoms with van der Waals surface area (Å²) in [6.45, 7) is 5.23. The van der Waals surface area contributed by atoms with Crippen LogP contribution in [-0.2, 0) is 10.0 Å². The van der Waals surface area contributed by atoms with Gasteiger partial charge in [-0.25, -0.2) is 13.6 Å². The fourth-order valence-electron chi connectivity index (χ4n) is 1.98. The Hall–Kier alpha value is -1.11. The maximum absolute atomic E-state index is 11.0. The molecule has 2 N–H and O–H groups in total. The van der Waals surface area contributed by atoms with Gasteiger partial charge in [-0.15, -0.1) is 0 Å². The molecular weight excluding hydrogens is 264 g/mol. The van der Waals surface area contributed by atoms with Crippen molar-refractivity contribution in [2.45, 2.75) is 19.9 Å². The average Bonchev–Trinajstić information content (AvgIpc) is 2.38. The van der Waals surface area contributed by atoms with Crippen LogP contribution in [0, 0.1) is 0 Å². The number of nitrogens with two attached hydrogens (primary N) is 1. The Morgan fingerprint density at radius 3 is 2.63 bits per heavy atom. The van der Waals surface area contributed by atoms with E-state index in [9.17, 15) is 8.42 Å². The van der Waals surface area contributed by atoms with Gasteiger partial charge in [-0.05, 0) is 31.2 Å². The summed E-state index contributed by atoms with van der Waals surface area (Å²) in [4.78, 5) is 2.07. The van der Waals surface area contributed by atoms with Crippen molar-refractivity contribution in [2.75, 3.05) is 26.0 Å². The van der Waals surface area contributed by atoms with Crippen LogP contribution in [0.2, 0.25) is 0 Å². The summed E-state index contributed by atoms with van der Waals surface area (Å²) in [7, 11) is -1.80. The lowest BCUT2D eigenvalue weighted by atomic mass is 10.1. The Morgan fingerprint density at radius 2 is 2.11 bits per heavy atom. The number of benzene rings is 1. The van der Waals surface area contributed by atoms with E-state index in [1.807, 2.05) is 38.1 Å². The van der Waals surface area contributed by atoms with Crippen molar-refractivity contribution >= 4 is 10.0 Å². The van der Waals surface area contributed by atoms with E-state index in [2.05, 4.69) is 4.90 Å². The summed E-state index contributed by atoms with van der Waals surface area (Å²) in [5, 5.41) is 5.05. The first-order chi connectivity index (χ1) is 8.87. The fourth-order valence-corrected chi connectivity index (χ4v) is 2.47. The zero-order chi connectivity index (χ0) is 14.5. The quantitative estimate of drug-likeness (QED) is 0.821. The largest absolute Gasteiger partial charge is 0.497 e. The number of nitrogens with zero attached hydrogens (tertiary/aromatic N) is 1. The molecule has 0 aromatic heterocycles. The molecule has 1 atom stereocenters. The van der Waals surface area contributed by atoms with Crippen LogP contribution in [0.3, 0.4) is 0 Å². The van der Waals surface area contributed by atoms with Crippen molar-refractivity contribution in [1.82, 2.24) is 4.90 Å². The topological polar surface area (TPSA) is 72.6 Å². The van der Waals surface area contributed by atoms with Crippen LogP contribution in [0.5, 0.6) is 5.75 Å². The molecule has 0 heterocycles. The highest BCUT2D eigenvalue weighted by molar-refractivity contribution is 7.89. The van der Waals surface area contributed by atoms with Crippen LogP contribution in [0.25, 0.3) is 0 Å². The van der Waals surface area contributed by atoms with E-state index in [1.54, 1.807) is 7.11 Å². The van der Waals surface area contributed by atoms with Crippen molar-refractivity contribution in [3.63, 3.8) is 0 Å². The van der Waals surface area contributed by atoms with Gasteiger partial charge in [0, 0.05) is 12.6 Å². The summed E-state index contributed by atoms with van der Waals surface area (Å²) < 4.78 is 27.3. The van der Waals surface area contributed by atoms with Gasteiger partial charge in [0.05, 0.1) is 12.9 Å². The maximum Gasteiger partial charge on any atom is 0.210 e. The molecule has 108 valence electrons. The van der Waals surface area contributed by atoms with Crippen molar-refractivity contribution in [3.8, 4) is 5.75 Å². The van der Waals surface area contributed by atoms with Crippen LogP contribution >= 0.6 is 0 Å². The number of hydrogen-bond acceptors (Lipinski definition) is 4. The molecule has 0 aliphatic rings. The first-order valence-electron chi connectivity index (χ1n) is 6.26. The number of hydrogen-bond donors (Lipinski definition) is 1. The summed E-state index contributed by atoms with van der Waals surface area (Å²) in [6.07, 6.45) is 0. The number of primary sulfonamides is 1. The lowest BCUT2D eigenvalue weighted by molar-refractivity contribution is 0.235. The zero-order valence-electron chi connectivity index (χ0n) is 11.7. The normalized spacial score (nSPS) is 13.5. The van der Waals surface area contributed by atoms with E-state index >= 15 is 0 Å². The Kier molecular flexibility index (Phi) is 5.78. The number of ether oxygens (including phenoxy) is 1. The van der Waals surface area contributed by atoms with Gasteiger partial charge >= 0.3 is 0 Å². The molecule has 0 saturated carbocycles. The second kappa shape index (κ2) is 6.88. The standard InChI is InChI=1S/C13H22N2O3S/c1-4-15(8-9-19(14,16)17)11(2)12-6-5-7-13(10-12)18-3/h5-7,10-11H,4,8-9H2,1-3H3,(H2,14,16,17). The van der Waals surface area contributed by atoms with E-state index < -0.39 is 10.0 Å². The monoisotopic (exact) mass is 286 g/mol. The van der Waals surface area contributed by atoms with Crippen LogP contribution in [0.4, 0.5) is 0 Å². The molecule has 0 saturated heterocycles. The van der Waals surface area contributed by atoms with E-state index in [0.717, 1.165) is 17.9 Å². The molecule has 0 radical (unpaired) electrons. The smallest absolute Gasteiger partial charge is 0.210 e. The van der Waals surface area contributed by atoms with Gasteiger partial charge in [-0.1, -0.05) is 19.1 Å². The molecule has 1 rings (SSSR count). The predicted molar refractivity (Wildman–Crippen MR) is 76.6 cm³/mol. The van der Waals surface area contributed by atoms with E-state index in [1.165, 1.54) is 0 Å². The number of sulfonamides is 1. The minimum absolute atomic E-state index is 0.0326. The molecule has 19 heavy (non-hydrogen) atoms. The van der Waals surface area contributed by atoms with Gasteiger partial charge in [0.2, 0.25) is 10.0 Å². The highest BCUT2D eigenvalue weighted by atomic mass is 32.2. The van der Waals surface area contributed by atoms with Crippen LogP contribution in [-0.4, -0.2) is 39.3 Å². The first kappa shape index (κ1) is 15.9. The third-order valence-electron chi connectivity index (χ3n) is 3.19. The highest BCUT2D eigenvalue weighted by Crippen LogP contribution is 2.23.